The fourth-order valence-electron chi connectivity index (χ4n) is 1.79. The van der Waals surface area contributed by atoms with Crippen molar-refractivity contribution in [2.45, 2.75) is 39.5 Å². The SMILES string of the molecule is CCCCNCC(=O)Nc1ccc(C(=O)OCCCC)cc1. The van der Waals surface area contributed by atoms with Crippen LogP contribution in [0.1, 0.15) is 49.9 Å². The number of unbranched alkanes of at least 4 members (excludes halogenated alkanes) is 2. The van der Waals surface area contributed by atoms with Crippen molar-refractivity contribution in [3.63, 3.8) is 0 Å². The van der Waals surface area contributed by atoms with E-state index in [4.69, 9.17) is 4.74 Å². The quantitative estimate of drug-likeness (QED) is 0.515. The Morgan fingerprint density at radius 1 is 1.05 bits per heavy atom. The van der Waals surface area contributed by atoms with Crippen molar-refractivity contribution < 1.29 is 14.3 Å². The summed E-state index contributed by atoms with van der Waals surface area (Å²) in [6, 6.07) is 6.74. The van der Waals surface area contributed by atoms with Crippen molar-refractivity contribution in [2.24, 2.45) is 0 Å². The second kappa shape index (κ2) is 10.8. The fraction of sp³-hybridized carbons (Fsp3) is 0.529. The van der Waals surface area contributed by atoms with Crippen molar-refractivity contribution in [2.75, 3.05) is 25.0 Å². The summed E-state index contributed by atoms with van der Waals surface area (Å²) >= 11 is 0. The van der Waals surface area contributed by atoms with E-state index < -0.39 is 0 Å². The van der Waals surface area contributed by atoms with Crippen LogP contribution in [0.2, 0.25) is 0 Å². The smallest absolute Gasteiger partial charge is 0.338 e. The average molecular weight is 306 g/mol. The summed E-state index contributed by atoms with van der Waals surface area (Å²) < 4.78 is 5.13. The molecule has 0 aliphatic heterocycles. The largest absolute Gasteiger partial charge is 0.462 e. The van der Waals surface area contributed by atoms with E-state index in [0.29, 0.717) is 24.4 Å². The van der Waals surface area contributed by atoms with Gasteiger partial charge in [0, 0.05) is 5.69 Å². The number of hydrogen-bond acceptors (Lipinski definition) is 4. The molecule has 2 N–H and O–H groups in total. The van der Waals surface area contributed by atoms with Crippen molar-refractivity contribution in [1.82, 2.24) is 5.32 Å². The Morgan fingerprint density at radius 2 is 1.73 bits per heavy atom. The third kappa shape index (κ3) is 7.22. The molecule has 0 saturated carbocycles. The van der Waals surface area contributed by atoms with Gasteiger partial charge >= 0.3 is 5.97 Å². The van der Waals surface area contributed by atoms with Crippen LogP contribution in [0, 0.1) is 0 Å². The van der Waals surface area contributed by atoms with Gasteiger partial charge in [0.15, 0.2) is 0 Å². The summed E-state index contributed by atoms with van der Waals surface area (Å²) in [6.45, 7) is 5.73. The van der Waals surface area contributed by atoms with Gasteiger partial charge in [-0.1, -0.05) is 26.7 Å². The van der Waals surface area contributed by atoms with E-state index in [1.807, 2.05) is 6.92 Å². The zero-order valence-electron chi connectivity index (χ0n) is 13.5. The summed E-state index contributed by atoms with van der Waals surface area (Å²) in [5, 5.41) is 5.86. The van der Waals surface area contributed by atoms with Crippen molar-refractivity contribution >= 4 is 17.6 Å². The van der Waals surface area contributed by atoms with Crippen LogP contribution in [0.3, 0.4) is 0 Å². The zero-order chi connectivity index (χ0) is 16.2. The molecule has 0 radical (unpaired) electrons. The molecule has 0 spiro atoms. The summed E-state index contributed by atoms with van der Waals surface area (Å²) in [4.78, 5) is 23.4. The molecule has 1 amide bonds. The standard InChI is InChI=1S/C17H26N2O3/c1-3-5-11-18-13-16(20)19-15-9-7-14(8-10-15)17(21)22-12-6-4-2/h7-10,18H,3-6,11-13H2,1-2H3,(H,19,20). The first kappa shape index (κ1) is 18.2. The molecule has 5 heteroatoms. The summed E-state index contributed by atoms with van der Waals surface area (Å²) in [7, 11) is 0. The Hall–Kier alpha value is -1.88. The number of anilines is 1. The Labute approximate surface area is 132 Å². The molecule has 1 aromatic rings. The second-order valence-electron chi connectivity index (χ2n) is 5.15. The minimum Gasteiger partial charge on any atom is -0.462 e. The van der Waals surface area contributed by atoms with E-state index >= 15 is 0 Å². The number of rotatable bonds is 10. The summed E-state index contributed by atoms with van der Waals surface area (Å²) in [5.41, 5.74) is 1.17. The van der Waals surface area contributed by atoms with E-state index in [1.54, 1.807) is 24.3 Å². The molecular formula is C17H26N2O3. The molecule has 0 fully saturated rings. The number of esters is 1. The molecule has 1 rings (SSSR count). The van der Waals surface area contributed by atoms with E-state index in [1.165, 1.54) is 0 Å². The van der Waals surface area contributed by atoms with Gasteiger partial charge in [0.05, 0.1) is 18.7 Å². The van der Waals surface area contributed by atoms with Crippen LogP contribution >= 0.6 is 0 Å². The molecule has 0 aromatic heterocycles. The van der Waals surface area contributed by atoms with Crippen molar-refractivity contribution in [3.8, 4) is 0 Å². The highest BCUT2D eigenvalue weighted by atomic mass is 16.5. The van der Waals surface area contributed by atoms with Crippen LogP contribution in [-0.4, -0.2) is 31.6 Å². The topological polar surface area (TPSA) is 67.4 Å². The summed E-state index contributed by atoms with van der Waals surface area (Å²) in [6.07, 6.45) is 4.02. The lowest BCUT2D eigenvalue weighted by molar-refractivity contribution is -0.115. The van der Waals surface area contributed by atoms with Gasteiger partial charge in [-0.05, 0) is 43.7 Å². The van der Waals surface area contributed by atoms with E-state index in [0.717, 1.165) is 32.2 Å². The third-order valence-electron chi connectivity index (χ3n) is 3.13. The molecule has 22 heavy (non-hydrogen) atoms. The van der Waals surface area contributed by atoms with Gasteiger partial charge in [0.25, 0.3) is 0 Å². The Bertz CT molecular complexity index is 457. The summed E-state index contributed by atoms with van der Waals surface area (Å²) in [5.74, 6) is -0.415. The number of ether oxygens (including phenoxy) is 1. The van der Waals surface area contributed by atoms with Gasteiger partial charge in [-0.2, -0.15) is 0 Å². The average Bonchev–Trinajstić information content (AvgIpc) is 2.52. The van der Waals surface area contributed by atoms with Crippen LogP contribution in [0.4, 0.5) is 5.69 Å². The Morgan fingerprint density at radius 3 is 2.36 bits per heavy atom. The molecule has 122 valence electrons. The van der Waals surface area contributed by atoms with Crippen LogP contribution in [0.25, 0.3) is 0 Å². The zero-order valence-corrected chi connectivity index (χ0v) is 13.5. The number of amides is 1. The molecule has 0 aliphatic rings. The second-order valence-corrected chi connectivity index (χ2v) is 5.15. The third-order valence-corrected chi connectivity index (χ3v) is 3.13. The molecule has 0 heterocycles. The number of carbonyl (C=O) groups excluding carboxylic acids is 2. The maximum absolute atomic E-state index is 11.7. The number of hydrogen-bond donors (Lipinski definition) is 2. The number of benzene rings is 1. The first-order valence-corrected chi connectivity index (χ1v) is 7.95. The molecule has 0 bridgehead atoms. The first-order valence-electron chi connectivity index (χ1n) is 7.95. The number of carbonyl (C=O) groups is 2. The lowest BCUT2D eigenvalue weighted by atomic mass is 10.2. The maximum atomic E-state index is 11.7. The molecule has 5 nitrogen and oxygen atoms in total. The minimum absolute atomic E-state index is 0.0885. The van der Waals surface area contributed by atoms with Crippen LogP contribution in [-0.2, 0) is 9.53 Å². The number of nitrogens with one attached hydrogen (secondary N) is 2. The highest BCUT2D eigenvalue weighted by Crippen LogP contribution is 2.10. The van der Waals surface area contributed by atoms with Gasteiger partial charge in [0.1, 0.15) is 0 Å². The van der Waals surface area contributed by atoms with Gasteiger partial charge in [-0.3, -0.25) is 4.79 Å². The van der Waals surface area contributed by atoms with Crippen molar-refractivity contribution in [3.05, 3.63) is 29.8 Å². The van der Waals surface area contributed by atoms with E-state index in [9.17, 15) is 9.59 Å². The van der Waals surface area contributed by atoms with Crippen LogP contribution in [0.5, 0.6) is 0 Å². The maximum Gasteiger partial charge on any atom is 0.338 e. The molecule has 0 saturated heterocycles. The fourth-order valence-corrected chi connectivity index (χ4v) is 1.79. The molecule has 0 aliphatic carbocycles. The predicted molar refractivity (Wildman–Crippen MR) is 88.0 cm³/mol. The lowest BCUT2D eigenvalue weighted by Gasteiger charge is -2.08. The monoisotopic (exact) mass is 306 g/mol. The van der Waals surface area contributed by atoms with E-state index in [2.05, 4.69) is 17.6 Å². The van der Waals surface area contributed by atoms with E-state index in [-0.39, 0.29) is 11.9 Å². The highest BCUT2D eigenvalue weighted by Gasteiger charge is 2.07. The normalized spacial score (nSPS) is 10.3. The molecule has 1 aromatic carbocycles. The van der Waals surface area contributed by atoms with Crippen molar-refractivity contribution in [1.29, 1.82) is 0 Å². The highest BCUT2D eigenvalue weighted by molar-refractivity contribution is 5.93. The molecule has 0 unspecified atom stereocenters. The predicted octanol–water partition coefficient (Wildman–Crippen LogP) is 2.97. The molecular weight excluding hydrogens is 280 g/mol. The van der Waals surface area contributed by atoms with Gasteiger partial charge < -0.3 is 15.4 Å². The van der Waals surface area contributed by atoms with Crippen LogP contribution in [0.15, 0.2) is 24.3 Å². The van der Waals surface area contributed by atoms with Crippen LogP contribution < -0.4 is 10.6 Å². The van der Waals surface area contributed by atoms with Gasteiger partial charge in [0.2, 0.25) is 5.91 Å². The lowest BCUT2D eigenvalue weighted by Crippen LogP contribution is -2.28. The van der Waals surface area contributed by atoms with Gasteiger partial charge in [-0.15, -0.1) is 0 Å². The molecule has 0 atom stereocenters. The van der Waals surface area contributed by atoms with Gasteiger partial charge in [-0.25, -0.2) is 4.79 Å². The Balaban J connectivity index is 2.37. The minimum atomic E-state index is -0.326. The first-order chi connectivity index (χ1) is 10.7. The Kier molecular flexibility index (Phi) is 8.91.